The summed E-state index contributed by atoms with van der Waals surface area (Å²) in [4.78, 5) is 8.07. The van der Waals surface area contributed by atoms with E-state index in [1.165, 1.54) is 0 Å². The summed E-state index contributed by atoms with van der Waals surface area (Å²) in [5.41, 5.74) is 0.899. The summed E-state index contributed by atoms with van der Waals surface area (Å²) >= 11 is 0. The number of hydrogen-bond acceptors (Lipinski definition) is 4. The predicted molar refractivity (Wildman–Crippen MR) is 54.7 cm³/mol. The molecule has 0 aliphatic heterocycles. The van der Waals surface area contributed by atoms with E-state index in [4.69, 9.17) is 0 Å². The summed E-state index contributed by atoms with van der Waals surface area (Å²) in [5, 5.41) is 12.6. The van der Waals surface area contributed by atoms with Gasteiger partial charge in [-0.1, -0.05) is 13.3 Å². The van der Waals surface area contributed by atoms with Crippen LogP contribution in [-0.2, 0) is 6.54 Å². The fraction of sp³-hybridized carbons (Fsp3) is 0.600. The molecule has 4 nitrogen and oxygen atoms in total. The maximum absolute atomic E-state index is 9.43. The Bertz CT molecular complexity index is 240. The first-order valence-electron chi connectivity index (χ1n) is 4.96. The zero-order valence-electron chi connectivity index (χ0n) is 8.48. The van der Waals surface area contributed by atoms with Crippen LogP contribution in [0.5, 0.6) is 0 Å². The molecule has 0 aliphatic rings. The van der Waals surface area contributed by atoms with Crippen LogP contribution in [0.25, 0.3) is 0 Å². The summed E-state index contributed by atoms with van der Waals surface area (Å²) in [7, 11) is 0. The minimum Gasteiger partial charge on any atom is -0.392 e. The zero-order valence-corrected chi connectivity index (χ0v) is 8.48. The van der Waals surface area contributed by atoms with E-state index in [0.717, 1.165) is 18.5 Å². The second-order valence-electron chi connectivity index (χ2n) is 3.27. The lowest BCUT2D eigenvalue weighted by molar-refractivity contribution is 0.160. The molecule has 1 aromatic rings. The minimum absolute atomic E-state index is 0.253. The molecular weight excluding hydrogens is 178 g/mol. The largest absolute Gasteiger partial charge is 0.392 e. The van der Waals surface area contributed by atoms with Crippen molar-refractivity contribution in [3.05, 3.63) is 24.3 Å². The maximum Gasteiger partial charge on any atom is 0.0724 e. The van der Waals surface area contributed by atoms with Crippen molar-refractivity contribution in [3.8, 4) is 0 Å². The van der Waals surface area contributed by atoms with Crippen molar-refractivity contribution in [1.82, 2.24) is 15.3 Å². The van der Waals surface area contributed by atoms with E-state index in [1.807, 2.05) is 0 Å². The molecule has 0 saturated carbocycles. The van der Waals surface area contributed by atoms with Gasteiger partial charge in [-0.25, -0.2) is 0 Å². The van der Waals surface area contributed by atoms with Gasteiger partial charge in [0.2, 0.25) is 0 Å². The molecule has 0 aliphatic carbocycles. The van der Waals surface area contributed by atoms with Crippen LogP contribution in [0.4, 0.5) is 0 Å². The highest BCUT2D eigenvalue weighted by Crippen LogP contribution is 1.95. The molecule has 78 valence electrons. The van der Waals surface area contributed by atoms with Crippen molar-refractivity contribution in [2.24, 2.45) is 0 Å². The zero-order chi connectivity index (χ0) is 10.2. The van der Waals surface area contributed by atoms with Crippen molar-refractivity contribution >= 4 is 0 Å². The average molecular weight is 195 g/mol. The minimum atomic E-state index is -0.253. The van der Waals surface area contributed by atoms with E-state index >= 15 is 0 Å². The summed E-state index contributed by atoms with van der Waals surface area (Å²) in [6.45, 7) is 3.34. The van der Waals surface area contributed by atoms with Crippen LogP contribution in [0.1, 0.15) is 25.5 Å². The van der Waals surface area contributed by atoms with Crippen LogP contribution in [0.15, 0.2) is 18.6 Å². The number of rotatable bonds is 6. The third-order valence-corrected chi connectivity index (χ3v) is 1.92. The van der Waals surface area contributed by atoms with Crippen molar-refractivity contribution in [2.75, 3.05) is 6.54 Å². The normalized spacial score (nSPS) is 12.7. The number of nitrogens with one attached hydrogen (secondary N) is 1. The number of aliphatic hydroxyl groups excluding tert-OH is 1. The molecule has 1 unspecified atom stereocenters. The summed E-state index contributed by atoms with van der Waals surface area (Å²) in [6, 6.07) is 0. The third-order valence-electron chi connectivity index (χ3n) is 1.92. The molecule has 1 heterocycles. The third kappa shape index (κ3) is 4.30. The Balaban J connectivity index is 2.16. The Labute approximate surface area is 84.4 Å². The Morgan fingerprint density at radius 1 is 1.50 bits per heavy atom. The fourth-order valence-electron chi connectivity index (χ4n) is 1.22. The van der Waals surface area contributed by atoms with E-state index in [9.17, 15) is 5.11 Å². The van der Waals surface area contributed by atoms with Gasteiger partial charge in [-0.3, -0.25) is 9.97 Å². The number of aliphatic hydroxyl groups is 1. The fourth-order valence-corrected chi connectivity index (χ4v) is 1.22. The van der Waals surface area contributed by atoms with Crippen molar-refractivity contribution in [2.45, 2.75) is 32.4 Å². The monoisotopic (exact) mass is 195 g/mol. The molecule has 0 radical (unpaired) electrons. The van der Waals surface area contributed by atoms with Gasteiger partial charge in [0.1, 0.15) is 0 Å². The standard InChI is InChI=1S/C10H17N3O/c1-2-3-10(14)8-12-7-9-6-11-4-5-13-9/h4-6,10,12,14H,2-3,7-8H2,1H3. The van der Waals surface area contributed by atoms with E-state index in [0.29, 0.717) is 13.1 Å². The highest BCUT2D eigenvalue weighted by Gasteiger charge is 2.01. The van der Waals surface area contributed by atoms with E-state index < -0.39 is 0 Å². The molecule has 0 bridgehead atoms. The molecule has 2 N–H and O–H groups in total. The quantitative estimate of drug-likeness (QED) is 0.702. The van der Waals surface area contributed by atoms with Crippen LogP contribution in [0.3, 0.4) is 0 Å². The Morgan fingerprint density at radius 2 is 2.36 bits per heavy atom. The number of aromatic nitrogens is 2. The van der Waals surface area contributed by atoms with Crippen LogP contribution >= 0.6 is 0 Å². The molecule has 1 atom stereocenters. The van der Waals surface area contributed by atoms with Gasteiger partial charge in [0.05, 0.1) is 11.8 Å². The van der Waals surface area contributed by atoms with Gasteiger partial charge in [0.15, 0.2) is 0 Å². The molecule has 4 heteroatoms. The molecular formula is C10H17N3O. The van der Waals surface area contributed by atoms with Gasteiger partial charge in [-0.15, -0.1) is 0 Å². The van der Waals surface area contributed by atoms with Crippen molar-refractivity contribution in [1.29, 1.82) is 0 Å². The van der Waals surface area contributed by atoms with E-state index in [2.05, 4.69) is 22.2 Å². The second-order valence-corrected chi connectivity index (χ2v) is 3.27. The van der Waals surface area contributed by atoms with Crippen LogP contribution in [0.2, 0.25) is 0 Å². The second kappa shape index (κ2) is 6.45. The van der Waals surface area contributed by atoms with Gasteiger partial charge in [-0.05, 0) is 6.42 Å². The molecule has 1 aromatic heterocycles. The van der Waals surface area contributed by atoms with E-state index in [-0.39, 0.29) is 6.10 Å². The van der Waals surface area contributed by atoms with Gasteiger partial charge in [0.25, 0.3) is 0 Å². The topological polar surface area (TPSA) is 58.0 Å². The lowest BCUT2D eigenvalue weighted by atomic mass is 10.2. The first-order valence-corrected chi connectivity index (χ1v) is 4.96. The maximum atomic E-state index is 9.43. The first kappa shape index (κ1) is 11.1. The van der Waals surface area contributed by atoms with Crippen molar-refractivity contribution < 1.29 is 5.11 Å². The number of hydrogen-bond donors (Lipinski definition) is 2. The van der Waals surface area contributed by atoms with Crippen LogP contribution in [0, 0.1) is 0 Å². The molecule has 0 saturated heterocycles. The first-order chi connectivity index (χ1) is 6.83. The Hall–Kier alpha value is -1.00. The highest BCUT2D eigenvalue weighted by molar-refractivity contribution is 4.93. The lowest BCUT2D eigenvalue weighted by Crippen LogP contribution is -2.26. The van der Waals surface area contributed by atoms with Gasteiger partial charge in [-0.2, -0.15) is 0 Å². The van der Waals surface area contributed by atoms with Gasteiger partial charge < -0.3 is 10.4 Å². The highest BCUT2D eigenvalue weighted by atomic mass is 16.3. The van der Waals surface area contributed by atoms with Gasteiger partial charge in [0, 0.05) is 31.7 Å². The number of nitrogens with zero attached hydrogens (tertiary/aromatic N) is 2. The lowest BCUT2D eigenvalue weighted by Gasteiger charge is -2.09. The van der Waals surface area contributed by atoms with Crippen LogP contribution < -0.4 is 5.32 Å². The Kier molecular flexibility index (Phi) is 5.11. The van der Waals surface area contributed by atoms with Crippen molar-refractivity contribution in [3.63, 3.8) is 0 Å². The summed E-state index contributed by atoms with van der Waals surface area (Å²) in [5.74, 6) is 0. The molecule has 0 amide bonds. The Morgan fingerprint density at radius 3 is 3.00 bits per heavy atom. The average Bonchev–Trinajstić information content (AvgIpc) is 2.20. The van der Waals surface area contributed by atoms with Crippen LogP contribution in [-0.4, -0.2) is 27.7 Å². The molecule has 14 heavy (non-hydrogen) atoms. The molecule has 0 aromatic carbocycles. The predicted octanol–water partition coefficient (Wildman–Crippen LogP) is 0.727. The van der Waals surface area contributed by atoms with Gasteiger partial charge >= 0.3 is 0 Å². The van der Waals surface area contributed by atoms with E-state index in [1.54, 1.807) is 18.6 Å². The molecule has 0 spiro atoms. The molecule has 1 rings (SSSR count). The smallest absolute Gasteiger partial charge is 0.0724 e. The summed E-state index contributed by atoms with van der Waals surface area (Å²) in [6.07, 6.45) is 6.63. The SMILES string of the molecule is CCCC(O)CNCc1cnccn1. The summed E-state index contributed by atoms with van der Waals surface area (Å²) < 4.78 is 0. The molecule has 0 fully saturated rings.